The quantitative estimate of drug-likeness (QED) is 0.887. The molecule has 0 saturated heterocycles. The minimum absolute atomic E-state index is 0.272. The van der Waals surface area contributed by atoms with Gasteiger partial charge in [0.2, 0.25) is 5.13 Å². The molecule has 0 aliphatic heterocycles. The molecular weight excluding hydrogens is 270 g/mol. The van der Waals surface area contributed by atoms with Gasteiger partial charge >= 0.3 is 0 Å². The van der Waals surface area contributed by atoms with E-state index in [0.717, 1.165) is 29.4 Å². The number of benzene rings is 1. The summed E-state index contributed by atoms with van der Waals surface area (Å²) in [5, 5.41) is 13.5. The Labute approximate surface area is 123 Å². The van der Waals surface area contributed by atoms with Gasteiger partial charge in [-0.15, -0.1) is 0 Å². The van der Waals surface area contributed by atoms with Crippen LogP contribution in [0.5, 0.6) is 0 Å². The molecule has 1 aromatic heterocycles. The van der Waals surface area contributed by atoms with Gasteiger partial charge in [0.05, 0.1) is 0 Å². The SMILES string of the molecule is OCCC1CCCC1Nc1nc(-c2ccccc2)ns1. The molecule has 106 valence electrons. The highest BCUT2D eigenvalue weighted by Crippen LogP contribution is 2.31. The van der Waals surface area contributed by atoms with E-state index in [1.165, 1.54) is 24.4 Å². The first kappa shape index (κ1) is 13.5. The molecule has 0 radical (unpaired) electrons. The number of nitrogens with one attached hydrogen (secondary N) is 1. The molecule has 1 fully saturated rings. The van der Waals surface area contributed by atoms with E-state index in [2.05, 4.69) is 14.7 Å². The Morgan fingerprint density at radius 3 is 2.90 bits per heavy atom. The Bertz CT molecular complexity index is 543. The van der Waals surface area contributed by atoms with Crippen molar-refractivity contribution in [2.45, 2.75) is 31.7 Å². The van der Waals surface area contributed by atoms with E-state index >= 15 is 0 Å². The fourth-order valence-corrected chi connectivity index (χ4v) is 3.53. The number of aromatic nitrogens is 2. The van der Waals surface area contributed by atoms with Crippen molar-refractivity contribution in [3.05, 3.63) is 30.3 Å². The van der Waals surface area contributed by atoms with E-state index in [9.17, 15) is 0 Å². The van der Waals surface area contributed by atoms with Gasteiger partial charge in [-0.3, -0.25) is 0 Å². The van der Waals surface area contributed by atoms with Crippen LogP contribution >= 0.6 is 11.5 Å². The molecule has 20 heavy (non-hydrogen) atoms. The molecule has 2 atom stereocenters. The van der Waals surface area contributed by atoms with Crippen molar-refractivity contribution in [3.63, 3.8) is 0 Å². The maximum atomic E-state index is 9.11. The fraction of sp³-hybridized carbons (Fsp3) is 0.467. The molecule has 3 rings (SSSR count). The molecule has 2 aromatic rings. The Hall–Kier alpha value is -1.46. The van der Waals surface area contributed by atoms with Gasteiger partial charge in [0.25, 0.3) is 0 Å². The van der Waals surface area contributed by atoms with Crippen LogP contribution in [-0.2, 0) is 0 Å². The third-order valence-electron chi connectivity index (χ3n) is 3.93. The van der Waals surface area contributed by atoms with E-state index in [1.54, 1.807) is 0 Å². The highest BCUT2D eigenvalue weighted by atomic mass is 32.1. The minimum Gasteiger partial charge on any atom is -0.396 e. The standard InChI is InChI=1S/C15H19N3OS/c19-10-9-11-7-4-8-13(11)16-15-17-14(18-20-15)12-5-2-1-3-6-12/h1-3,5-6,11,13,19H,4,7-10H2,(H,16,17,18). The largest absolute Gasteiger partial charge is 0.396 e. The summed E-state index contributed by atoms with van der Waals surface area (Å²) >= 11 is 1.42. The monoisotopic (exact) mass is 289 g/mol. The van der Waals surface area contributed by atoms with Crippen molar-refractivity contribution in [3.8, 4) is 11.4 Å². The summed E-state index contributed by atoms with van der Waals surface area (Å²) in [6.07, 6.45) is 4.46. The number of anilines is 1. The van der Waals surface area contributed by atoms with Gasteiger partial charge in [-0.1, -0.05) is 36.8 Å². The third kappa shape index (κ3) is 2.99. The number of nitrogens with zero attached hydrogens (tertiary/aromatic N) is 2. The maximum absolute atomic E-state index is 9.11. The van der Waals surface area contributed by atoms with E-state index in [0.29, 0.717) is 12.0 Å². The second-order valence-electron chi connectivity index (χ2n) is 5.24. The maximum Gasteiger partial charge on any atom is 0.203 e. The summed E-state index contributed by atoms with van der Waals surface area (Å²) in [4.78, 5) is 4.57. The van der Waals surface area contributed by atoms with Gasteiger partial charge in [-0.25, -0.2) is 0 Å². The average molecular weight is 289 g/mol. The second-order valence-corrected chi connectivity index (χ2v) is 6.00. The number of hydrogen-bond donors (Lipinski definition) is 2. The molecular formula is C15H19N3OS. The van der Waals surface area contributed by atoms with E-state index in [1.807, 2.05) is 30.3 Å². The number of rotatable bonds is 5. The fourth-order valence-electron chi connectivity index (χ4n) is 2.88. The first-order valence-corrected chi connectivity index (χ1v) is 7.90. The zero-order chi connectivity index (χ0) is 13.8. The summed E-state index contributed by atoms with van der Waals surface area (Å²) in [5.74, 6) is 1.35. The molecule has 0 amide bonds. The van der Waals surface area contributed by atoms with Crippen molar-refractivity contribution >= 4 is 16.7 Å². The highest BCUT2D eigenvalue weighted by molar-refractivity contribution is 7.09. The Balaban J connectivity index is 1.68. The lowest BCUT2D eigenvalue weighted by Crippen LogP contribution is -2.24. The summed E-state index contributed by atoms with van der Waals surface area (Å²) < 4.78 is 4.42. The van der Waals surface area contributed by atoms with Crippen molar-refractivity contribution in [1.82, 2.24) is 9.36 Å². The molecule has 1 aliphatic rings. The molecule has 0 spiro atoms. The van der Waals surface area contributed by atoms with Gasteiger partial charge in [-0.2, -0.15) is 9.36 Å². The lowest BCUT2D eigenvalue weighted by atomic mass is 10.0. The summed E-state index contributed by atoms with van der Waals surface area (Å²) in [5.41, 5.74) is 1.05. The van der Waals surface area contributed by atoms with Crippen LogP contribution in [0, 0.1) is 5.92 Å². The van der Waals surface area contributed by atoms with Crippen LogP contribution in [0.3, 0.4) is 0 Å². The van der Waals surface area contributed by atoms with Crippen LogP contribution in [0.4, 0.5) is 5.13 Å². The molecule has 5 heteroatoms. The van der Waals surface area contributed by atoms with Crippen molar-refractivity contribution < 1.29 is 5.11 Å². The van der Waals surface area contributed by atoms with Crippen LogP contribution in [0.1, 0.15) is 25.7 Å². The molecule has 2 unspecified atom stereocenters. The van der Waals surface area contributed by atoms with Crippen LogP contribution in [0.25, 0.3) is 11.4 Å². The Morgan fingerprint density at radius 1 is 1.25 bits per heavy atom. The predicted octanol–water partition coefficient (Wildman–Crippen LogP) is 3.17. The molecule has 1 saturated carbocycles. The number of aliphatic hydroxyl groups excluding tert-OH is 1. The van der Waals surface area contributed by atoms with Gasteiger partial charge in [0.15, 0.2) is 5.82 Å². The van der Waals surface area contributed by atoms with Crippen molar-refractivity contribution in [1.29, 1.82) is 0 Å². The van der Waals surface area contributed by atoms with Gasteiger partial charge in [0, 0.05) is 29.7 Å². The molecule has 2 N–H and O–H groups in total. The van der Waals surface area contributed by atoms with Gasteiger partial charge in [-0.05, 0) is 25.2 Å². The van der Waals surface area contributed by atoms with E-state index in [-0.39, 0.29) is 6.61 Å². The van der Waals surface area contributed by atoms with E-state index < -0.39 is 0 Å². The number of hydrogen-bond acceptors (Lipinski definition) is 5. The molecule has 0 bridgehead atoms. The Kier molecular flexibility index (Phi) is 4.28. The highest BCUT2D eigenvalue weighted by Gasteiger charge is 2.27. The van der Waals surface area contributed by atoms with Crippen LogP contribution < -0.4 is 5.32 Å². The summed E-state index contributed by atoms with van der Waals surface area (Å²) in [7, 11) is 0. The van der Waals surface area contributed by atoms with Crippen LogP contribution in [-0.4, -0.2) is 27.1 Å². The smallest absolute Gasteiger partial charge is 0.203 e. The van der Waals surface area contributed by atoms with Gasteiger partial charge in [0.1, 0.15) is 0 Å². The predicted molar refractivity (Wildman–Crippen MR) is 81.8 cm³/mol. The molecule has 1 aliphatic carbocycles. The zero-order valence-corrected chi connectivity index (χ0v) is 12.1. The lowest BCUT2D eigenvalue weighted by molar-refractivity contribution is 0.254. The average Bonchev–Trinajstić information content (AvgIpc) is 3.11. The Morgan fingerprint density at radius 2 is 2.10 bits per heavy atom. The zero-order valence-electron chi connectivity index (χ0n) is 11.3. The first-order valence-electron chi connectivity index (χ1n) is 7.13. The summed E-state index contributed by atoms with van der Waals surface area (Å²) in [6.45, 7) is 0.272. The van der Waals surface area contributed by atoms with E-state index in [4.69, 9.17) is 5.11 Å². The minimum atomic E-state index is 0.272. The molecule has 4 nitrogen and oxygen atoms in total. The molecule has 1 aromatic carbocycles. The van der Waals surface area contributed by atoms with Gasteiger partial charge < -0.3 is 10.4 Å². The lowest BCUT2D eigenvalue weighted by Gasteiger charge is -2.19. The first-order chi connectivity index (χ1) is 9.86. The second kappa shape index (κ2) is 6.33. The normalized spacial score (nSPS) is 22.1. The van der Waals surface area contributed by atoms with Crippen LogP contribution in [0.2, 0.25) is 0 Å². The summed E-state index contributed by atoms with van der Waals surface area (Å²) in [6, 6.07) is 10.5. The third-order valence-corrected chi connectivity index (χ3v) is 4.57. The van der Waals surface area contributed by atoms with Crippen molar-refractivity contribution in [2.24, 2.45) is 5.92 Å². The topological polar surface area (TPSA) is 58.0 Å². The van der Waals surface area contributed by atoms with Crippen molar-refractivity contribution in [2.75, 3.05) is 11.9 Å². The molecule has 1 heterocycles. The van der Waals surface area contributed by atoms with Crippen LogP contribution in [0.15, 0.2) is 30.3 Å². The number of aliphatic hydroxyl groups is 1.